The third kappa shape index (κ3) is 2.46. The number of hydrogen-bond donors (Lipinski definition) is 5. The highest BCUT2D eigenvalue weighted by Gasteiger charge is 2.43. The normalized spacial score (nSPS) is 29.4. The number of aliphatic hydroxyl groups is 2. The van der Waals surface area contributed by atoms with Crippen LogP contribution in [0.3, 0.4) is 0 Å². The molecule has 7 N–H and O–H groups in total. The number of anilines is 2. The second-order valence-electron chi connectivity index (χ2n) is 4.17. The maximum absolute atomic E-state index is 10.9. The molecule has 110 valence electrons. The Morgan fingerprint density at radius 3 is 2.70 bits per heavy atom. The van der Waals surface area contributed by atoms with Crippen LogP contribution in [0.4, 0.5) is 17.3 Å². The van der Waals surface area contributed by atoms with Gasteiger partial charge in [-0.3, -0.25) is 10.1 Å². The van der Waals surface area contributed by atoms with Gasteiger partial charge in [0.1, 0.15) is 24.6 Å². The Hall–Kier alpha value is -2.08. The van der Waals surface area contributed by atoms with Gasteiger partial charge in [-0.25, -0.2) is 9.97 Å². The summed E-state index contributed by atoms with van der Waals surface area (Å²) >= 11 is 0. The zero-order valence-corrected chi connectivity index (χ0v) is 10.2. The third-order valence-electron chi connectivity index (χ3n) is 2.91. The smallest absolute Gasteiger partial charge is 0.353 e. The molecule has 0 bridgehead atoms. The molecule has 2 rings (SSSR count). The summed E-state index contributed by atoms with van der Waals surface area (Å²) < 4.78 is 5.25. The number of nitro groups is 1. The largest absolute Gasteiger partial charge is 0.387 e. The second kappa shape index (κ2) is 5.50. The van der Waals surface area contributed by atoms with Gasteiger partial charge < -0.3 is 31.7 Å². The first-order valence-corrected chi connectivity index (χ1v) is 5.68. The van der Waals surface area contributed by atoms with E-state index in [1.807, 2.05) is 0 Å². The lowest BCUT2D eigenvalue weighted by Gasteiger charge is -2.16. The molecular weight excluding hydrogens is 272 g/mol. The Balaban J connectivity index is 2.23. The number of nitrogens with zero attached hydrogens (tertiary/aromatic N) is 3. The first kappa shape index (κ1) is 14.3. The SMILES string of the molecule is NC[C@H]1O[C@@H](Nc2ncnc(N)c2[N+](=O)[O-])[C@H](O)[C@@H]1O. The molecule has 0 unspecified atom stereocenters. The highest BCUT2D eigenvalue weighted by molar-refractivity contribution is 5.67. The van der Waals surface area contributed by atoms with E-state index in [0.29, 0.717) is 0 Å². The van der Waals surface area contributed by atoms with Crippen LogP contribution in [-0.4, -0.2) is 56.2 Å². The van der Waals surface area contributed by atoms with Gasteiger partial charge in [-0.1, -0.05) is 0 Å². The van der Waals surface area contributed by atoms with Crippen molar-refractivity contribution in [2.75, 3.05) is 17.6 Å². The van der Waals surface area contributed by atoms with E-state index in [1.54, 1.807) is 0 Å². The number of nitrogens with two attached hydrogens (primary N) is 2. The van der Waals surface area contributed by atoms with Crippen LogP contribution in [0.1, 0.15) is 0 Å². The molecule has 2 heterocycles. The van der Waals surface area contributed by atoms with Crippen molar-refractivity contribution < 1.29 is 19.9 Å². The van der Waals surface area contributed by atoms with Crippen LogP contribution in [0.2, 0.25) is 0 Å². The van der Waals surface area contributed by atoms with Gasteiger partial charge in [-0.15, -0.1) is 0 Å². The lowest BCUT2D eigenvalue weighted by Crippen LogP contribution is -2.37. The number of rotatable bonds is 4. The zero-order valence-electron chi connectivity index (χ0n) is 10.2. The number of aromatic nitrogens is 2. The van der Waals surface area contributed by atoms with Gasteiger partial charge in [0, 0.05) is 6.54 Å². The molecule has 11 nitrogen and oxygen atoms in total. The van der Waals surface area contributed by atoms with Crippen molar-refractivity contribution in [3.05, 3.63) is 16.4 Å². The summed E-state index contributed by atoms with van der Waals surface area (Å²) in [7, 11) is 0. The molecule has 1 aromatic heterocycles. The molecule has 1 aliphatic heterocycles. The maximum Gasteiger partial charge on any atom is 0.353 e. The van der Waals surface area contributed by atoms with Gasteiger partial charge in [0.15, 0.2) is 6.23 Å². The lowest BCUT2D eigenvalue weighted by molar-refractivity contribution is -0.383. The van der Waals surface area contributed by atoms with Crippen molar-refractivity contribution in [2.24, 2.45) is 5.73 Å². The number of nitrogen functional groups attached to an aromatic ring is 1. The predicted octanol–water partition coefficient (Wildman–Crippen LogP) is -2.22. The summed E-state index contributed by atoms with van der Waals surface area (Å²) in [5.41, 5.74) is 10.2. The molecular formula is C9H14N6O5. The Morgan fingerprint density at radius 1 is 1.45 bits per heavy atom. The van der Waals surface area contributed by atoms with E-state index in [0.717, 1.165) is 6.33 Å². The fourth-order valence-corrected chi connectivity index (χ4v) is 1.88. The van der Waals surface area contributed by atoms with Crippen molar-refractivity contribution in [2.45, 2.75) is 24.5 Å². The molecule has 1 saturated heterocycles. The van der Waals surface area contributed by atoms with Crippen molar-refractivity contribution >= 4 is 17.3 Å². The van der Waals surface area contributed by atoms with E-state index in [9.17, 15) is 20.3 Å². The van der Waals surface area contributed by atoms with E-state index >= 15 is 0 Å². The van der Waals surface area contributed by atoms with Gasteiger partial charge in [0.2, 0.25) is 11.6 Å². The van der Waals surface area contributed by atoms with Gasteiger partial charge in [-0.05, 0) is 0 Å². The van der Waals surface area contributed by atoms with Crippen molar-refractivity contribution in [3.63, 3.8) is 0 Å². The molecule has 0 amide bonds. The molecule has 1 fully saturated rings. The predicted molar refractivity (Wildman–Crippen MR) is 66.5 cm³/mol. The standard InChI is InChI=1S/C9H14N6O5/c10-1-3-5(16)6(17)9(20-3)14-8-4(15(18)19)7(11)12-2-13-8/h2-3,5-6,9,16-17H,1,10H2,(H3,11,12,13,14)/t3-,5-,6-,9-/m1/s1. The molecule has 0 radical (unpaired) electrons. The van der Waals surface area contributed by atoms with Crippen LogP contribution in [0.15, 0.2) is 6.33 Å². The fraction of sp³-hybridized carbons (Fsp3) is 0.556. The van der Waals surface area contributed by atoms with E-state index in [1.165, 1.54) is 0 Å². The van der Waals surface area contributed by atoms with E-state index in [4.69, 9.17) is 16.2 Å². The van der Waals surface area contributed by atoms with Crippen molar-refractivity contribution in [1.29, 1.82) is 0 Å². The molecule has 0 saturated carbocycles. The van der Waals surface area contributed by atoms with Crippen LogP contribution in [0, 0.1) is 10.1 Å². The Labute approximate surface area is 112 Å². The average Bonchev–Trinajstić information content (AvgIpc) is 2.66. The Bertz CT molecular complexity index is 514. The Kier molecular flexibility index (Phi) is 3.94. The van der Waals surface area contributed by atoms with Crippen LogP contribution in [0.5, 0.6) is 0 Å². The van der Waals surface area contributed by atoms with Crippen LogP contribution in [0.25, 0.3) is 0 Å². The van der Waals surface area contributed by atoms with Gasteiger partial charge in [-0.2, -0.15) is 0 Å². The minimum absolute atomic E-state index is 0.00951. The fourth-order valence-electron chi connectivity index (χ4n) is 1.88. The van der Waals surface area contributed by atoms with E-state index < -0.39 is 35.2 Å². The van der Waals surface area contributed by atoms with Crippen molar-refractivity contribution in [1.82, 2.24) is 9.97 Å². The first-order valence-electron chi connectivity index (χ1n) is 5.68. The summed E-state index contributed by atoms with van der Waals surface area (Å²) in [6.07, 6.45) is -3.34. The van der Waals surface area contributed by atoms with Crippen LogP contribution < -0.4 is 16.8 Å². The van der Waals surface area contributed by atoms with Crippen LogP contribution >= 0.6 is 0 Å². The van der Waals surface area contributed by atoms with Gasteiger partial charge in [0.05, 0.1) is 4.92 Å². The topological polar surface area (TPSA) is 183 Å². The molecule has 20 heavy (non-hydrogen) atoms. The zero-order chi connectivity index (χ0) is 14.9. The highest BCUT2D eigenvalue weighted by atomic mass is 16.6. The summed E-state index contributed by atoms with van der Waals surface area (Å²) in [5.74, 6) is -0.535. The van der Waals surface area contributed by atoms with Gasteiger partial charge >= 0.3 is 5.69 Å². The number of nitrogens with one attached hydrogen (secondary N) is 1. The lowest BCUT2D eigenvalue weighted by atomic mass is 10.1. The summed E-state index contributed by atoms with van der Waals surface area (Å²) in [4.78, 5) is 17.4. The molecule has 4 atom stereocenters. The van der Waals surface area contributed by atoms with Crippen molar-refractivity contribution in [3.8, 4) is 0 Å². The molecule has 1 aliphatic rings. The number of hydrogen-bond acceptors (Lipinski definition) is 10. The Morgan fingerprint density at radius 2 is 2.15 bits per heavy atom. The van der Waals surface area contributed by atoms with E-state index in [2.05, 4.69) is 15.3 Å². The first-order chi connectivity index (χ1) is 9.45. The van der Waals surface area contributed by atoms with E-state index in [-0.39, 0.29) is 18.2 Å². The highest BCUT2D eigenvalue weighted by Crippen LogP contribution is 2.29. The molecule has 0 aliphatic carbocycles. The summed E-state index contributed by atoms with van der Waals surface area (Å²) in [6, 6.07) is 0. The second-order valence-corrected chi connectivity index (χ2v) is 4.17. The third-order valence-corrected chi connectivity index (χ3v) is 2.91. The summed E-state index contributed by atoms with van der Waals surface area (Å²) in [6.45, 7) is -0.00951. The molecule has 0 aromatic carbocycles. The number of aliphatic hydroxyl groups excluding tert-OH is 2. The minimum atomic E-state index is -1.31. The minimum Gasteiger partial charge on any atom is -0.387 e. The summed E-state index contributed by atoms with van der Waals surface area (Å²) in [5, 5.41) is 32.9. The number of ether oxygens (including phenoxy) is 1. The molecule has 1 aromatic rings. The van der Waals surface area contributed by atoms with Crippen LogP contribution in [-0.2, 0) is 4.74 Å². The van der Waals surface area contributed by atoms with Gasteiger partial charge in [0.25, 0.3) is 0 Å². The quantitative estimate of drug-likeness (QED) is 0.300. The maximum atomic E-state index is 10.9. The molecule has 11 heteroatoms. The monoisotopic (exact) mass is 286 g/mol. The average molecular weight is 286 g/mol. The molecule has 0 spiro atoms.